The summed E-state index contributed by atoms with van der Waals surface area (Å²) in [6.07, 6.45) is 24.3. The third kappa shape index (κ3) is 17.8. The monoisotopic (exact) mass is 1030 g/mol. The van der Waals surface area contributed by atoms with Crippen LogP contribution in [0.15, 0.2) is 128 Å². The Kier molecular flexibility index (Phi) is 28.0. The van der Waals surface area contributed by atoms with Crippen LogP contribution in [-0.2, 0) is 32.8 Å². The highest BCUT2D eigenvalue weighted by Crippen LogP contribution is 2.70. The summed E-state index contributed by atoms with van der Waals surface area (Å²) < 4.78 is 54.1. The summed E-state index contributed by atoms with van der Waals surface area (Å²) in [5.41, 5.74) is 2.66. The molecule has 0 saturated carbocycles. The highest BCUT2D eigenvalue weighted by molar-refractivity contribution is 7.30. The standard InChI is InChI=1S/C63H102NO8P/c1-46(2)24-35-58(36-25-47(3)4,68-43-32-54(17)18)60(38-27-49(7)8)62(40-29-51(11)12,70-45-34-56(21)22)61(39-28-50(9)10,69-44-33-55(19)20)59(37-26-48(5)6,64(57(23)65)42-31-53(15)16)63(71-60,72-73(66)67)41-30-52(13)14/h24-34H,35-45H2,1-23H3/t59-,60-,61-,62-,63?/m1/s1. The second kappa shape index (κ2) is 30.3. The van der Waals surface area contributed by atoms with Crippen molar-refractivity contribution in [2.75, 3.05) is 26.4 Å². The number of hydrogen-bond donors (Lipinski definition) is 0. The number of rotatable bonds is 29. The third-order valence-electron chi connectivity index (χ3n) is 13.6. The molecule has 0 N–H and O–H groups in total. The molecule has 1 rings (SSSR count). The number of hydrogen-bond acceptors (Lipinski definition) is 8. The van der Waals surface area contributed by atoms with Crippen molar-refractivity contribution in [2.45, 2.75) is 238 Å². The molecule has 1 amide bonds. The molecule has 0 aliphatic carbocycles. The van der Waals surface area contributed by atoms with E-state index in [1.54, 1.807) is 11.8 Å². The molecule has 412 valence electrons. The summed E-state index contributed by atoms with van der Waals surface area (Å²) in [5, 5.41) is 0. The topological polar surface area (TPSA) is 107 Å². The molecule has 1 heterocycles. The van der Waals surface area contributed by atoms with Crippen LogP contribution in [0.2, 0.25) is 0 Å². The lowest BCUT2D eigenvalue weighted by Crippen LogP contribution is -2.94. The van der Waals surface area contributed by atoms with E-state index in [0.29, 0.717) is 12.8 Å². The summed E-state index contributed by atoms with van der Waals surface area (Å²) in [7, 11) is -3.73. The van der Waals surface area contributed by atoms with Crippen LogP contribution in [0.4, 0.5) is 0 Å². The summed E-state index contributed by atoms with van der Waals surface area (Å²) in [5.74, 6) is -2.56. The zero-order chi connectivity index (χ0) is 56.2. The summed E-state index contributed by atoms with van der Waals surface area (Å²) in [4.78, 5) is 31.7. The molecule has 73 heavy (non-hydrogen) atoms. The van der Waals surface area contributed by atoms with E-state index in [-0.39, 0.29) is 64.4 Å². The number of nitrogens with zero attached hydrogens (tertiary/aromatic N) is 1. The number of allylic oxidation sites excluding steroid dienone is 11. The maximum absolute atomic E-state index is 15.5. The molecule has 0 bridgehead atoms. The van der Waals surface area contributed by atoms with Crippen molar-refractivity contribution in [3.63, 3.8) is 0 Å². The third-order valence-corrected chi connectivity index (χ3v) is 14.0. The molecule has 0 aromatic carbocycles. The van der Waals surface area contributed by atoms with Gasteiger partial charge in [-0.1, -0.05) is 128 Å². The molecule has 0 aromatic heterocycles. The van der Waals surface area contributed by atoms with Gasteiger partial charge >= 0.3 is 8.25 Å². The van der Waals surface area contributed by atoms with E-state index < -0.39 is 42.0 Å². The van der Waals surface area contributed by atoms with Gasteiger partial charge in [0.15, 0.2) is 0 Å². The van der Waals surface area contributed by atoms with Crippen LogP contribution in [0.3, 0.4) is 0 Å². The molecule has 1 saturated heterocycles. The summed E-state index contributed by atoms with van der Waals surface area (Å²) in [6.45, 7) is 47.0. The minimum atomic E-state index is -3.73. The van der Waals surface area contributed by atoms with Crippen LogP contribution in [0, 0.1) is 0 Å². The van der Waals surface area contributed by atoms with Crippen molar-refractivity contribution < 1.29 is 37.7 Å². The van der Waals surface area contributed by atoms with Crippen LogP contribution in [0.1, 0.15) is 204 Å². The molecular formula is C63H102NO8P. The van der Waals surface area contributed by atoms with Gasteiger partial charge in [0, 0.05) is 39.2 Å². The van der Waals surface area contributed by atoms with Crippen LogP contribution in [0.5, 0.6) is 0 Å². The van der Waals surface area contributed by atoms with Crippen molar-refractivity contribution in [1.82, 2.24) is 4.90 Å². The Morgan fingerprint density at radius 3 is 1.22 bits per heavy atom. The van der Waals surface area contributed by atoms with Gasteiger partial charge in [0.1, 0.15) is 27.9 Å². The largest absolute Gasteiger partial charge is 0.566 e. The normalized spacial score (nSPS) is 22.5. The van der Waals surface area contributed by atoms with Gasteiger partial charge < -0.3 is 28.7 Å². The fraction of sp³-hybridized carbons (Fsp3) is 0.635. The van der Waals surface area contributed by atoms with Gasteiger partial charge in [-0.25, -0.2) is 0 Å². The van der Waals surface area contributed by atoms with Crippen molar-refractivity contribution in [2.24, 2.45) is 0 Å². The SMILES string of the molecule is CC(=O)N(CC=C(C)C)[C@@]1(CC=C(C)C)C(CC=C(C)C)(O[P+](=O)[O-])O[C@](CC=C(C)C)(C(CC=C(C)C)(CC=C(C)C)OCC=C(C)C)[C@@](CC=C(C)C)(OCC=C(C)C)[C@]1(CC=C(C)C)OCC=C(C)C. The van der Waals surface area contributed by atoms with E-state index in [4.69, 9.17) is 23.5 Å². The van der Waals surface area contributed by atoms with Crippen molar-refractivity contribution >= 4 is 14.2 Å². The van der Waals surface area contributed by atoms with E-state index in [1.165, 1.54) is 0 Å². The highest BCUT2D eigenvalue weighted by Gasteiger charge is 2.88. The Balaban J connectivity index is 6.32. The lowest BCUT2D eigenvalue weighted by molar-refractivity contribution is -0.471. The van der Waals surface area contributed by atoms with E-state index >= 15 is 4.79 Å². The molecular weight excluding hydrogens is 930 g/mol. The predicted octanol–water partition coefficient (Wildman–Crippen LogP) is 16.7. The zero-order valence-corrected chi connectivity index (χ0v) is 51.2. The van der Waals surface area contributed by atoms with Gasteiger partial charge in [-0.05, 0) is 176 Å². The second-order valence-corrected chi connectivity index (χ2v) is 23.7. The fourth-order valence-electron chi connectivity index (χ4n) is 9.85. The Hall–Kier alpha value is -3.53. The van der Waals surface area contributed by atoms with Gasteiger partial charge in [-0.15, -0.1) is 4.52 Å². The summed E-state index contributed by atoms with van der Waals surface area (Å²) >= 11 is 0. The van der Waals surface area contributed by atoms with E-state index in [1.807, 2.05) is 67.5 Å². The smallest absolute Gasteiger partial charge is 0.491 e. The van der Waals surface area contributed by atoms with Crippen molar-refractivity contribution in [3.8, 4) is 0 Å². The summed E-state index contributed by atoms with van der Waals surface area (Å²) in [6, 6.07) is 0. The van der Waals surface area contributed by atoms with Gasteiger partial charge in [0.25, 0.3) is 5.79 Å². The van der Waals surface area contributed by atoms with E-state index in [2.05, 4.69) is 152 Å². The average Bonchev–Trinajstić information content (AvgIpc) is 3.24. The number of amides is 1. The lowest BCUT2D eigenvalue weighted by Gasteiger charge is -2.76. The first kappa shape index (κ1) is 67.5. The predicted molar refractivity (Wildman–Crippen MR) is 307 cm³/mol. The van der Waals surface area contributed by atoms with Crippen molar-refractivity contribution in [1.29, 1.82) is 0 Å². The van der Waals surface area contributed by atoms with Crippen LogP contribution in [-0.4, -0.2) is 70.9 Å². The molecule has 1 aliphatic heterocycles. The van der Waals surface area contributed by atoms with Crippen LogP contribution < -0.4 is 4.89 Å². The first-order valence-corrected chi connectivity index (χ1v) is 27.6. The minimum Gasteiger partial charge on any atom is -0.566 e. The van der Waals surface area contributed by atoms with Crippen molar-refractivity contribution in [3.05, 3.63) is 128 Å². The Labute approximate surface area is 447 Å². The zero-order valence-electron chi connectivity index (χ0n) is 50.3. The van der Waals surface area contributed by atoms with Gasteiger partial charge in [-0.2, -0.15) is 0 Å². The van der Waals surface area contributed by atoms with Gasteiger partial charge in [-0.3, -0.25) is 4.79 Å². The highest BCUT2D eigenvalue weighted by atomic mass is 31.1. The van der Waals surface area contributed by atoms with Gasteiger partial charge in [0.2, 0.25) is 5.91 Å². The minimum absolute atomic E-state index is 0.0472. The molecule has 0 spiro atoms. The van der Waals surface area contributed by atoms with E-state index in [0.717, 1.165) is 61.3 Å². The Morgan fingerprint density at radius 2 is 0.822 bits per heavy atom. The first-order valence-electron chi connectivity index (χ1n) is 26.5. The molecule has 1 fully saturated rings. The molecule has 1 aliphatic rings. The molecule has 10 heteroatoms. The number of carbonyl (C=O) groups excluding carboxylic acids is 1. The average molecular weight is 1030 g/mol. The maximum atomic E-state index is 15.5. The van der Waals surface area contributed by atoms with Gasteiger partial charge in [0.05, 0.1) is 19.8 Å². The number of ether oxygens (including phenoxy) is 4. The quantitative estimate of drug-likeness (QED) is 0.0539. The fourth-order valence-corrected chi connectivity index (χ4v) is 10.4. The first-order chi connectivity index (χ1) is 33.8. The molecule has 0 radical (unpaired) electrons. The molecule has 9 nitrogen and oxygen atoms in total. The Morgan fingerprint density at radius 1 is 0.466 bits per heavy atom. The second-order valence-electron chi connectivity index (χ2n) is 23.1. The molecule has 2 unspecified atom stereocenters. The van der Waals surface area contributed by atoms with Crippen LogP contribution >= 0.6 is 8.25 Å². The molecule has 0 aromatic rings. The van der Waals surface area contributed by atoms with E-state index in [9.17, 15) is 9.46 Å². The van der Waals surface area contributed by atoms with Crippen LogP contribution in [0.25, 0.3) is 0 Å². The Bertz CT molecular complexity index is 2170. The lowest BCUT2D eigenvalue weighted by atomic mass is 9.47. The maximum Gasteiger partial charge on any atom is 0.491 e. The number of carbonyl (C=O) groups is 1. The molecule has 6 atom stereocenters.